The van der Waals surface area contributed by atoms with E-state index in [2.05, 4.69) is 5.16 Å². The summed E-state index contributed by atoms with van der Waals surface area (Å²) in [5.41, 5.74) is 3.18. The second-order valence-electron chi connectivity index (χ2n) is 7.51. The van der Waals surface area contributed by atoms with E-state index in [9.17, 15) is 13.2 Å². The molecule has 0 spiro atoms. The van der Waals surface area contributed by atoms with Gasteiger partial charge < -0.3 is 14.2 Å². The molecule has 1 unspecified atom stereocenters. The molecule has 0 radical (unpaired) electrons. The number of morpholine rings is 1. The normalized spacial score (nSPS) is 18.7. The maximum Gasteiger partial charge on any atom is 0.243 e. The van der Waals surface area contributed by atoms with Gasteiger partial charge in [-0.05, 0) is 51.0 Å². The predicted octanol–water partition coefficient (Wildman–Crippen LogP) is 2.01. The van der Waals surface area contributed by atoms with Gasteiger partial charge in [0, 0.05) is 30.9 Å². The van der Waals surface area contributed by atoms with Crippen LogP contribution in [0.25, 0.3) is 0 Å². The van der Waals surface area contributed by atoms with Gasteiger partial charge in [-0.25, -0.2) is 8.42 Å². The first kappa shape index (κ1) is 20.1. The predicted molar refractivity (Wildman–Crippen MR) is 106 cm³/mol. The number of fused-ring (bicyclic) bond motifs is 1. The Kier molecular flexibility index (Phi) is 5.22. The van der Waals surface area contributed by atoms with Gasteiger partial charge in [0.25, 0.3) is 0 Å². The summed E-state index contributed by atoms with van der Waals surface area (Å²) in [7, 11) is -3.56. The number of hydrogen-bond acceptors (Lipinski definition) is 6. The first-order valence-electron chi connectivity index (χ1n) is 9.75. The molecule has 2 aliphatic heterocycles. The van der Waals surface area contributed by atoms with Crippen LogP contribution in [0.5, 0.6) is 0 Å². The molecule has 1 amide bonds. The number of ether oxygens (including phenoxy) is 1. The fourth-order valence-corrected chi connectivity index (χ4v) is 5.63. The lowest BCUT2D eigenvalue weighted by molar-refractivity contribution is -0.119. The molecule has 0 saturated carbocycles. The minimum Gasteiger partial charge on any atom is -0.379 e. The van der Waals surface area contributed by atoms with Crippen LogP contribution < -0.4 is 4.90 Å². The Bertz CT molecular complexity index is 1020. The number of benzene rings is 1. The highest BCUT2D eigenvalue weighted by molar-refractivity contribution is 7.89. The van der Waals surface area contributed by atoms with E-state index in [1.807, 2.05) is 13.8 Å². The standard InChI is InChI=1S/C20H25N3O5S/c1-13(19-14(2)21-28-15(19)3)20(24)23-7-6-16-12-17(4-5-18(16)23)29(25,26)22-8-10-27-11-9-22/h4-5,12-13H,6-11H2,1-3H3. The third-order valence-electron chi connectivity index (χ3n) is 5.71. The van der Waals surface area contributed by atoms with E-state index < -0.39 is 10.0 Å². The largest absolute Gasteiger partial charge is 0.379 e. The SMILES string of the molecule is Cc1noc(C)c1C(C)C(=O)N1CCc2cc(S(=O)(=O)N3CCOCC3)ccc21. The van der Waals surface area contributed by atoms with Gasteiger partial charge in [0.2, 0.25) is 15.9 Å². The summed E-state index contributed by atoms with van der Waals surface area (Å²) in [6, 6.07) is 5.04. The number of anilines is 1. The topological polar surface area (TPSA) is 93.0 Å². The van der Waals surface area contributed by atoms with Gasteiger partial charge in [-0.3, -0.25) is 4.79 Å². The van der Waals surface area contributed by atoms with Gasteiger partial charge in [0.1, 0.15) is 5.76 Å². The second-order valence-corrected chi connectivity index (χ2v) is 9.44. The molecule has 2 aromatic rings. The fourth-order valence-electron chi connectivity index (χ4n) is 4.17. The molecule has 1 saturated heterocycles. The molecule has 0 N–H and O–H groups in total. The van der Waals surface area contributed by atoms with Crippen LogP contribution in [0.3, 0.4) is 0 Å². The Balaban J connectivity index is 1.59. The van der Waals surface area contributed by atoms with E-state index in [1.165, 1.54) is 4.31 Å². The molecule has 9 heteroatoms. The van der Waals surface area contributed by atoms with Crippen molar-refractivity contribution in [3.63, 3.8) is 0 Å². The number of carbonyl (C=O) groups is 1. The van der Waals surface area contributed by atoms with Gasteiger partial charge in [0.15, 0.2) is 0 Å². The molecular formula is C20H25N3O5S. The third kappa shape index (κ3) is 3.47. The highest BCUT2D eigenvalue weighted by Crippen LogP contribution is 2.34. The Morgan fingerprint density at radius 2 is 1.90 bits per heavy atom. The van der Waals surface area contributed by atoms with Crippen molar-refractivity contribution in [1.82, 2.24) is 9.46 Å². The van der Waals surface area contributed by atoms with Crippen molar-refractivity contribution < 1.29 is 22.5 Å². The van der Waals surface area contributed by atoms with Crippen LogP contribution in [0.4, 0.5) is 5.69 Å². The zero-order chi connectivity index (χ0) is 20.8. The lowest BCUT2D eigenvalue weighted by Crippen LogP contribution is -2.40. The Labute approximate surface area is 170 Å². The minimum atomic E-state index is -3.56. The van der Waals surface area contributed by atoms with Crippen molar-refractivity contribution >= 4 is 21.6 Å². The van der Waals surface area contributed by atoms with Gasteiger partial charge in [0.05, 0.1) is 29.7 Å². The smallest absolute Gasteiger partial charge is 0.243 e. The van der Waals surface area contributed by atoms with Crippen LogP contribution in [0.2, 0.25) is 0 Å². The zero-order valence-electron chi connectivity index (χ0n) is 16.8. The molecular weight excluding hydrogens is 394 g/mol. The van der Waals surface area contributed by atoms with Gasteiger partial charge in [-0.1, -0.05) is 5.16 Å². The molecule has 29 heavy (non-hydrogen) atoms. The number of carbonyl (C=O) groups excluding carboxylic acids is 1. The summed E-state index contributed by atoms with van der Waals surface area (Å²) < 4.78 is 37.7. The minimum absolute atomic E-state index is 0.0399. The Morgan fingerprint density at radius 1 is 1.17 bits per heavy atom. The fraction of sp³-hybridized carbons (Fsp3) is 0.500. The average molecular weight is 420 g/mol. The molecule has 156 valence electrons. The third-order valence-corrected chi connectivity index (χ3v) is 7.61. The zero-order valence-corrected chi connectivity index (χ0v) is 17.7. The molecule has 8 nitrogen and oxygen atoms in total. The monoisotopic (exact) mass is 419 g/mol. The number of hydrogen-bond donors (Lipinski definition) is 0. The lowest BCUT2D eigenvalue weighted by atomic mass is 9.98. The highest BCUT2D eigenvalue weighted by atomic mass is 32.2. The van der Waals surface area contributed by atoms with E-state index in [0.717, 1.165) is 22.5 Å². The van der Waals surface area contributed by atoms with Gasteiger partial charge >= 0.3 is 0 Å². The highest BCUT2D eigenvalue weighted by Gasteiger charge is 2.33. The van der Waals surface area contributed by atoms with Crippen LogP contribution in [-0.2, 0) is 26.0 Å². The molecule has 0 bridgehead atoms. The number of amides is 1. The van der Waals surface area contributed by atoms with Crippen molar-refractivity contribution in [3.8, 4) is 0 Å². The quantitative estimate of drug-likeness (QED) is 0.753. The molecule has 3 heterocycles. The van der Waals surface area contributed by atoms with Crippen LogP contribution in [0.1, 0.15) is 35.4 Å². The molecule has 2 aliphatic rings. The number of sulfonamides is 1. The van der Waals surface area contributed by atoms with Crippen molar-refractivity contribution in [2.45, 2.75) is 38.0 Å². The molecule has 1 atom stereocenters. The van der Waals surface area contributed by atoms with Crippen LogP contribution >= 0.6 is 0 Å². The molecule has 0 aliphatic carbocycles. The van der Waals surface area contributed by atoms with E-state index in [0.29, 0.717) is 45.0 Å². The molecule has 1 fully saturated rings. The maximum absolute atomic E-state index is 13.2. The first-order valence-corrected chi connectivity index (χ1v) is 11.2. The van der Waals surface area contributed by atoms with Crippen LogP contribution in [-0.4, -0.2) is 56.6 Å². The summed E-state index contributed by atoms with van der Waals surface area (Å²) in [5, 5.41) is 3.95. The lowest BCUT2D eigenvalue weighted by Gasteiger charge is -2.26. The van der Waals surface area contributed by atoms with Gasteiger partial charge in [-0.15, -0.1) is 0 Å². The Morgan fingerprint density at radius 3 is 2.55 bits per heavy atom. The maximum atomic E-state index is 13.2. The number of rotatable bonds is 4. The van der Waals surface area contributed by atoms with Gasteiger partial charge in [-0.2, -0.15) is 4.31 Å². The van der Waals surface area contributed by atoms with Crippen molar-refractivity contribution in [2.75, 3.05) is 37.7 Å². The van der Waals surface area contributed by atoms with Crippen molar-refractivity contribution in [1.29, 1.82) is 0 Å². The summed E-state index contributed by atoms with van der Waals surface area (Å²) in [4.78, 5) is 15.2. The van der Waals surface area contributed by atoms with E-state index in [1.54, 1.807) is 30.0 Å². The Hall–Kier alpha value is -2.23. The number of aryl methyl sites for hydroxylation is 2. The molecule has 1 aromatic heterocycles. The van der Waals surface area contributed by atoms with E-state index >= 15 is 0 Å². The summed E-state index contributed by atoms with van der Waals surface area (Å²) in [5.74, 6) is 0.223. The molecule has 1 aromatic carbocycles. The summed E-state index contributed by atoms with van der Waals surface area (Å²) >= 11 is 0. The van der Waals surface area contributed by atoms with E-state index in [-0.39, 0.29) is 16.7 Å². The first-order chi connectivity index (χ1) is 13.8. The second kappa shape index (κ2) is 7.55. The summed E-state index contributed by atoms with van der Waals surface area (Å²) in [6.45, 7) is 7.55. The summed E-state index contributed by atoms with van der Waals surface area (Å²) in [6.07, 6.45) is 0.627. The number of nitrogens with zero attached hydrogens (tertiary/aromatic N) is 3. The average Bonchev–Trinajstić information content (AvgIpc) is 3.30. The van der Waals surface area contributed by atoms with E-state index in [4.69, 9.17) is 9.26 Å². The molecule has 4 rings (SSSR count). The van der Waals surface area contributed by atoms with Crippen LogP contribution in [0.15, 0.2) is 27.6 Å². The van der Waals surface area contributed by atoms with Crippen molar-refractivity contribution in [3.05, 3.63) is 40.8 Å². The van der Waals surface area contributed by atoms with Crippen LogP contribution in [0, 0.1) is 13.8 Å². The van der Waals surface area contributed by atoms with Crippen molar-refractivity contribution in [2.24, 2.45) is 0 Å². The number of aromatic nitrogens is 1.